The van der Waals surface area contributed by atoms with E-state index in [1.54, 1.807) is 0 Å². The highest BCUT2D eigenvalue weighted by molar-refractivity contribution is 14.1. The molecule has 4 nitrogen and oxygen atoms in total. The molecule has 0 bridgehead atoms. The molecule has 0 aromatic carbocycles. The van der Waals surface area contributed by atoms with Crippen molar-refractivity contribution in [3.63, 3.8) is 0 Å². The summed E-state index contributed by atoms with van der Waals surface area (Å²) in [4.78, 5) is 9.72. The van der Waals surface area contributed by atoms with Crippen molar-refractivity contribution in [1.82, 2.24) is 9.97 Å². The lowest BCUT2D eigenvalue weighted by Crippen LogP contribution is -2.14. The highest BCUT2D eigenvalue weighted by atomic mass is 127. The second-order valence-electron chi connectivity index (χ2n) is 6.13. The quantitative estimate of drug-likeness (QED) is 0.764. The topological polar surface area (TPSA) is 47.0 Å². The fraction of sp³-hybridized carbons (Fsp3) is 0.750. The lowest BCUT2D eigenvalue weighted by atomic mass is 10.0. The maximum Gasteiger partial charge on any atom is 0.143 e. The molecule has 1 atom stereocenters. The molecular formula is C16H24IN3O. The van der Waals surface area contributed by atoms with Crippen LogP contribution in [0.4, 0.5) is 5.82 Å². The van der Waals surface area contributed by atoms with Gasteiger partial charge in [0, 0.05) is 32.1 Å². The second kappa shape index (κ2) is 7.22. The second-order valence-corrected chi connectivity index (χ2v) is 7.21. The van der Waals surface area contributed by atoms with E-state index in [4.69, 9.17) is 14.7 Å². The third-order valence-corrected chi connectivity index (χ3v) is 5.57. The molecule has 1 aliphatic heterocycles. The van der Waals surface area contributed by atoms with Crippen molar-refractivity contribution < 1.29 is 4.74 Å². The monoisotopic (exact) mass is 401 g/mol. The lowest BCUT2D eigenvalue weighted by Gasteiger charge is -2.17. The van der Waals surface area contributed by atoms with E-state index in [-0.39, 0.29) is 0 Å². The van der Waals surface area contributed by atoms with Crippen molar-refractivity contribution in [2.24, 2.45) is 5.92 Å². The zero-order valence-electron chi connectivity index (χ0n) is 12.7. The Bertz CT molecular complexity index is 483. The molecule has 0 spiro atoms. The Morgan fingerprint density at radius 3 is 2.71 bits per heavy atom. The fourth-order valence-corrected chi connectivity index (χ4v) is 4.23. The Morgan fingerprint density at radius 1 is 1.24 bits per heavy atom. The van der Waals surface area contributed by atoms with E-state index in [0.29, 0.717) is 11.8 Å². The van der Waals surface area contributed by atoms with Crippen molar-refractivity contribution >= 4 is 28.4 Å². The molecule has 2 heterocycles. The van der Waals surface area contributed by atoms with Crippen LogP contribution in [0.2, 0.25) is 0 Å². The largest absolute Gasteiger partial charge is 0.381 e. The van der Waals surface area contributed by atoms with Crippen LogP contribution in [-0.4, -0.2) is 29.7 Å². The van der Waals surface area contributed by atoms with Gasteiger partial charge >= 0.3 is 0 Å². The van der Waals surface area contributed by atoms with Gasteiger partial charge in [-0.25, -0.2) is 9.97 Å². The van der Waals surface area contributed by atoms with Gasteiger partial charge in [0.1, 0.15) is 11.6 Å². The molecule has 2 fully saturated rings. The molecule has 0 radical (unpaired) electrons. The Hall–Kier alpha value is -0.430. The van der Waals surface area contributed by atoms with Crippen LogP contribution in [-0.2, 0) is 11.2 Å². The third-order valence-electron chi connectivity index (χ3n) is 4.50. The molecule has 116 valence electrons. The molecule has 1 aromatic rings. The van der Waals surface area contributed by atoms with Gasteiger partial charge in [-0.1, -0.05) is 12.8 Å². The summed E-state index contributed by atoms with van der Waals surface area (Å²) in [5, 5.41) is 3.42. The molecule has 1 aliphatic carbocycles. The molecule has 3 rings (SSSR count). The average Bonchev–Trinajstić information content (AvgIpc) is 3.15. The van der Waals surface area contributed by atoms with Crippen molar-refractivity contribution in [3.05, 3.63) is 15.1 Å². The predicted molar refractivity (Wildman–Crippen MR) is 92.8 cm³/mol. The molecule has 21 heavy (non-hydrogen) atoms. The zero-order valence-corrected chi connectivity index (χ0v) is 14.9. The molecule has 0 amide bonds. The molecule has 1 N–H and O–H groups in total. The van der Waals surface area contributed by atoms with Gasteiger partial charge in [-0.2, -0.15) is 0 Å². The van der Waals surface area contributed by atoms with Crippen LogP contribution in [0.3, 0.4) is 0 Å². The minimum atomic E-state index is 0.593. The number of aromatic nitrogens is 2. The number of halogens is 1. The third kappa shape index (κ3) is 3.67. The first kappa shape index (κ1) is 15.5. The number of hydrogen-bond acceptors (Lipinski definition) is 4. The first-order valence-electron chi connectivity index (χ1n) is 8.15. The number of hydrogen-bond donors (Lipinski definition) is 1. The maximum atomic E-state index is 5.49. The summed E-state index contributed by atoms with van der Waals surface area (Å²) in [5.41, 5.74) is 1.29. The van der Waals surface area contributed by atoms with Crippen molar-refractivity contribution in [2.75, 3.05) is 25.1 Å². The van der Waals surface area contributed by atoms with Crippen LogP contribution >= 0.6 is 22.6 Å². The van der Waals surface area contributed by atoms with Gasteiger partial charge in [0.25, 0.3) is 0 Å². The van der Waals surface area contributed by atoms with Crippen LogP contribution in [0, 0.1) is 9.49 Å². The molecule has 1 unspecified atom stereocenters. The molecule has 1 aromatic heterocycles. The number of nitrogens with zero attached hydrogens (tertiary/aromatic N) is 2. The lowest BCUT2D eigenvalue weighted by molar-refractivity contribution is 0.185. The molecule has 2 aliphatic rings. The van der Waals surface area contributed by atoms with E-state index in [9.17, 15) is 0 Å². The maximum absolute atomic E-state index is 5.49. The van der Waals surface area contributed by atoms with Crippen LogP contribution in [0.5, 0.6) is 0 Å². The summed E-state index contributed by atoms with van der Waals surface area (Å²) in [6.45, 7) is 4.79. The predicted octanol–water partition coefficient (Wildman–Crippen LogP) is 3.75. The van der Waals surface area contributed by atoms with E-state index in [2.05, 4.69) is 34.8 Å². The summed E-state index contributed by atoms with van der Waals surface area (Å²) in [6.07, 6.45) is 7.34. The SMILES string of the molecule is CCNc1nc(CC2CCOC2)nc(C2CCCC2)c1I. The number of rotatable bonds is 5. The molecule has 1 saturated heterocycles. The molecule has 1 saturated carbocycles. The summed E-state index contributed by atoms with van der Waals surface area (Å²) in [7, 11) is 0. The van der Waals surface area contributed by atoms with E-state index >= 15 is 0 Å². The van der Waals surface area contributed by atoms with Gasteiger partial charge in [-0.05, 0) is 54.7 Å². The van der Waals surface area contributed by atoms with Gasteiger partial charge in [0.2, 0.25) is 0 Å². The van der Waals surface area contributed by atoms with Gasteiger partial charge in [-0.15, -0.1) is 0 Å². The summed E-state index contributed by atoms with van der Waals surface area (Å²) >= 11 is 2.42. The van der Waals surface area contributed by atoms with Crippen molar-refractivity contribution in [1.29, 1.82) is 0 Å². The van der Waals surface area contributed by atoms with Crippen LogP contribution in [0.1, 0.15) is 56.5 Å². The van der Waals surface area contributed by atoms with E-state index in [1.807, 2.05) is 0 Å². The van der Waals surface area contributed by atoms with Crippen LogP contribution < -0.4 is 5.32 Å². The van der Waals surface area contributed by atoms with Gasteiger partial charge in [-0.3, -0.25) is 0 Å². The highest BCUT2D eigenvalue weighted by Gasteiger charge is 2.25. The van der Waals surface area contributed by atoms with Gasteiger partial charge < -0.3 is 10.1 Å². The van der Waals surface area contributed by atoms with E-state index < -0.39 is 0 Å². The van der Waals surface area contributed by atoms with Crippen LogP contribution in [0.25, 0.3) is 0 Å². The molecular weight excluding hydrogens is 377 g/mol. The number of anilines is 1. The van der Waals surface area contributed by atoms with Crippen molar-refractivity contribution in [3.8, 4) is 0 Å². The van der Waals surface area contributed by atoms with E-state index in [0.717, 1.165) is 44.2 Å². The highest BCUT2D eigenvalue weighted by Crippen LogP contribution is 2.37. The standard InChI is InChI=1S/C16H24IN3O/c1-2-18-16-14(17)15(12-5-3-4-6-12)19-13(20-16)9-11-7-8-21-10-11/h11-12H,2-10H2,1H3,(H,18,19,20). The smallest absolute Gasteiger partial charge is 0.143 e. The van der Waals surface area contributed by atoms with Gasteiger partial charge in [0.15, 0.2) is 0 Å². The van der Waals surface area contributed by atoms with Crippen molar-refractivity contribution in [2.45, 2.75) is 51.4 Å². The first-order valence-corrected chi connectivity index (χ1v) is 9.23. The summed E-state index contributed by atoms with van der Waals surface area (Å²) in [6, 6.07) is 0. The first-order chi connectivity index (χ1) is 10.3. The summed E-state index contributed by atoms with van der Waals surface area (Å²) in [5.74, 6) is 3.26. The fourth-order valence-electron chi connectivity index (χ4n) is 3.36. The van der Waals surface area contributed by atoms with Gasteiger partial charge in [0.05, 0.1) is 9.26 Å². The Balaban J connectivity index is 1.87. The summed E-state index contributed by atoms with van der Waals surface area (Å²) < 4.78 is 6.72. The Morgan fingerprint density at radius 2 is 2.05 bits per heavy atom. The minimum absolute atomic E-state index is 0.593. The normalized spacial score (nSPS) is 22.9. The minimum Gasteiger partial charge on any atom is -0.381 e. The molecule has 5 heteroatoms. The Labute approximate surface area is 140 Å². The van der Waals surface area contributed by atoms with E-state index in [1.165, 1.54) is 34.9 Å². The Kier molecular flexibility index (Phi) is 5.32. The number of ether oxygens (including phenoxy) is 1. The zero-order chi connectivity index (χ0) is 14.7. The van der Waals surface area contributed by atoms with Crippen LogP contribution in [0.15, 0.2) is 0 Å². The average molecular weight is 401 g/mol. The number of nitrogens with one attached hydrogen (secondary N) is 1.